The molecule has 1 N–H and O–H groups in total. The molecule has 0 saturated heterocycles. The Balaban J connectivity index is 1.53. The van der Waals surface area contributed by atoms with Crippen molar-refractivity contribution < 1.29 is 4.79 Å². The van der Waals surface area contributed by atoms with Crippen LogP contribution < -0.4 is 5.32 Å². The molecule has 3 aromatic carbocycles. The van der Waals surface area contributed by atoms with E-state index in [1.165, 1.54) is 0 Å². The quantitative estimate of drug-likeness (QED) is 0.272. The molecule has 174 valence electrons. The summed E-state index contributed by atoms with van der Waals surface area (Å²) in [5.74, 6) is 0.350. The van der Waals surface area contributed by atoms with E-state index in [0.29, 0.717) is 11.2 Å². The van der Waals surface area contributed by atoms with Crippen molar-refractivity contribution in [3.63, 3.8) is 0 Å². The van der Waals surface area contributed by atoms with Crippen molar-refractivity contribution in [2.24, 2.45) is 0 Å². The molecule has 0 radical (unpaired) electrons. The summed E-state index contributed by atoms with van der Waals surface area (Å²) in [5, 5.41) is 4.33. The van der Waals surface area contributed by atoms with Gasteiger partial charge in [-0.15, -0.1) is 0 Å². The average Bonchev–Trinajstić information content (AvgIpc) is 3.28. The van der Waals surface area contributed by atoms with Gasteiger partial charge in [0, 0.05) is 29.5 Å². The number of nitrogens with zero attached hydrogens (tertiary/aromatic N) is 4. The maximum atomic E-state index is 13.1. The third-order valence-corrected chi connectivity index (χ3v) is 6.54. The number of carbonyl (C=O) groups is 1. The van der Waals surface area contributed by atoms with E-state index < -0.39 is 5.91 Å². The molecular formula is C28H17Cl2N5O. The van der Waals surface area contributed by atoms with Gasteiger partial charge in [-0.25, -0.2) is 4.98 Å². The molecule has 0 atom stereocenters. The number of carbonyl (C=O) groups excluding carboxylic acids is 1. The SMILES string of the molecule is O=C(Nc1cccc2c(-n3c(-c4cccnc4)nc4ccccc43)ccnc12)c1c(Cl)cccc1Cl. The topological polar surface area (TPSA) is 72.7 Å². The Morgan fingerprint density at radius 1 is 0.833 bits per heavy atom. The summed E-state index contributed by atoms with van der Waals surface area (Å²) in [6, 6.07) is 24.4. The number of hydrogen-bond donors (Lipinski definition) is 1. The Hall–Kier alpha value is -4.26. The summed E-state index contributed by atoms with van der Waals surface area (Å²) >= 11 is 12.5. The summed E-state index contributed by atoms with van der Waals surface area (Å²) < 4.78 is 2.09. The standard InChI is InChI=1S/C28H17Cl2N5O/c29-19-8-4-9-20(30)25(19)28(36)34-22-11-3-7-18-23(13-15-32-26(18)22)35-24-12-2-1-10-21(24)33-27(35)17-6-5-14-31-16-17/h1-16H,(H,34,36). The van der Waals surface area contributed by atoms with E-state index >= 15 is 0 Å². The lowest BCUT2D eigenvalue weighted by atomic mass is 10.1. The van der Waals surface area contributed by atoms with E-state index in [2.05, 4.69) is 19.9 Å². The molecule has 36 heavy (non-hydrogen) atoms. The molecule has 0 aliphatic heterocycles. The third-order valence-electron chi connectivity index (χ3n) is 5.91. The fourth-order valence-corrected chi connectivity index (χ4v) is 4.88. The molecule has 6 aromatic rings. The molecule has 0 bridgehead atoms. The molecule has 6 nitrogen and oxygen atoms in total. The Labute approximate surface area is 216 Å². The number of halogens is 2. The van der Waals surface area contributed by atoms with Crippen molar-refractivity contribution in [2.45, 2.75) is 0 Å². The summed E-state index contributed by atoms with van der Waals surface area (Å²) in [5.41, 5.74) is 4.95. The molecule has 0 spiro atoms. The minimum absolute atomic E-state index is 0.216. The number of rotatable bonds is 4. The van der Waals surface area contributed by atoms with Crippen LogP contribution in [-0.2, 0) is 0 Å². The highest BCUT2D eigenvalue weighted by Gasteiger charge is 2.19. The molecule has 0 saturated carbocycles. The van der Waals surface area contributed by atoms with E-state index in [1.54, 1.807) is 42.9 Å². The van der Waals surface area contributed by atoms with Gasteiger partial charge in [-0.2, -0.15) is 0 Å². The van der Waals surface area contributed by atoms with Crippen LogP contribution in [0.5, 0.6) is 0 Å². The maximum absolute atomic E-state index is 13.1. The van der Waals surface area contributed by atoms with Crippen LogP contribution in [0.25, 0.3) is 39.0 Å². The molecule has 0 unspecified atom stereocenters. The molecule has 3 aromatic heterocycles. The van der Waals surface area contributed by atoms with Crippen molar-refractivity contribution >= 4 is 56.7 Å². The Bertz CT molecular complexity index is 1750. The number of pyridine rings is 2. The molecule has 0 aliphatic carbocycles. The number of aromatic nitrogens is 4. The van der Waals surface area contributed by atoms with Crippen LogP contribution in [0.3, 0.4) is 0 Å². The zero-order chi connectivity index (χ0) is 24.6. The molecule has 0 aliphatic rings. The number of benzene rings is 3. The Kier molecular flexibility index (Phi) is 5.60. The number of para-hydroxylation sites is 3. The van der Waals surface area contributed by atoms with Crippen molar-refractivity contribution in [3.8, 4) is 17.1 Å². The first kappa shape index (κ1) is 22.2. The second kappa shape index (κ2) is 9.07. The first-order valence-electron chi connectivity index (χ1n) is 11.1. The van der Waals surface area contributed by atoms with Gasteiger partial charge in [0.05, 0.1) is 43.5 Å². The highest BCUT2D eigenvalue weighted by molar-refractivity contribution is 6.40. The second-order valence-corrected chi connectivity index (χ2v) is 8.90. The van der Waals surface area contributed by atoms with Crippen molar-refractivity contribution in [1.29, 1.82) is 0 Å². The normalized spacial score (nSPS) is 11.2. The second-order valence-electron chi connectivity index (χ2n) is 8.08. The number of fused-ring (bicyclic) bond motifs is 2. The van der Waals surface area contributed by atoms with Gasteiger partial charge < -0.3 is 5.32 Å². The summed E-state index contributed by atoms with van der Waals surface area (Å²) in [6.45, 7) is 0. The first-order valence-corrected chi connectivity index (χ1v) is 11.9. The molecule has 3 heterocycles. The van der Waals surface area contributed by atoms with Crippen LogP contribution in [0.2, 0.25) is 10.0 Å². The van der Waals surface area contributed by atoms with Gasteiger partial charge in [0.25, 0.3) is 5.91 Å². The van der Waals surface area contributed by atoms with Crippen molar-refractivity contribution in [2.75, 3.05) is 5.32 Å². The summed E-state index contributed by atoms with van der Waals surface area (Å²) in [6.07, 6.45) is 5.25. The van der Waals surface area contributed by atoms with Gasteiger partial charge >= 0.3 is 0 Å². The highest BCUT2D eigenvalue weighted by atomic mass is 35.5. The van der Waals surface area contributed by atoms with Crippen LogP contribution >= 0.6 is 23.2 Å². The monoisotopic (exact) mass is 509 g/mol. The van der Waals surface area contributed by atoms with Crippen LogP contribution in [-0.4, -0.2) is 25.4 Å². The minimum Gasteiger partial charge on any atom is -0.320 e. The molecule has 0 fully saturated rings. The lowest BCUT2D eigenvalue weighted by Crippen LogP contribution is -2.14. The lowest BCUT2D eigenvalue weighted by Gasteiger charge is -2.15. The lowest BCUT2D eigenvalue weighted by molar-refractivity contribution is 0.102. The van der Waals surface area contributed by atoms with Crippen LogP contribution in [0.1, 0.15) is 10.4 Å². The number of imidazole rings is 1. The predicted molar refractivity (Wildman–Crippen MR) is 144 cm³/mol. The van der Waals surface area contributed by atoms with Gasteiger partial charge in [-0.05, 0) is 48.5 Å². The molecule has 6 rings (SSSR count). The van der Waals surface area contributed by atoms with Crippen LogP contribution in [0, 0.1) is 0 Å². The van der Waals surface area contributed by atoms with E-state index in [4.69, 9.17) is 28.2 Å². The van der Waals surface area contributed by atoms with Crippen molar-refractivity contribution in [3.05, 3.63) is 113 Å². The Morgan fingerprint density at radius 2 is 1.64 bits per heavy atom. The van der Waals surface area contributed by atoms with Gasteiger partial charge in [-0.3, -0.25) is 19.3 Å². The molecular weight excluding hydrogens is 493 g/mol. The van der Waals surface area contributed by atoms with Gasteiger partial charge in [0.1, 0.15) is 5.82 Å². The molecule has 1 amide bonds. The van der Waals surface area contributed by atoms with E-state index in [1.807, 2.05) is 54.6 Å². The predicted octanol–water partition coefficient (Wildman–Crippen LogP) is 7.19. The number of amides is 1. The highest BCUT2D eigenvalue weighted by Crippen LogP contribution is 2.34. The van der Waals surface area contributed by atoms with Gasteiger partial charge in [0.2, 0.25) is 0 Å². The minimum atomic E-state index is -0.408. The van der Waals surface area contributed by atoms with Crippen LogP contribution in [0.15, 0.2) is 97.5 Å². The van der Waals surface area contributed by atoms with E-state index in [9.17, 15) is 4.79 Å². The van der Waals surface area contributed by atoms with E-state index in [0.717, 1.165) is 33.5 Å². The van der Waals surface area contributed by atoms with E-state index in [-0.39, 0.29) is 15.6 Å². The van der Waals surface area contributed by atoms with Crippen molar-refractivity contribution in [1.82, 2.24) is 19.5 Å². The summed E-state index contributed by atoms with van der Waals surface area (Å²) in [4.78, 5) is 26.9. The number of nitrogens with one attached hydrogen (secondary N) is 1. The van der Waals surface area contributed by atoms with Gasteiger partial charge in [-0.1, -0.05) is 53.5 Å². The zero-order valence-corrected chi connectivity index (χ0v) is 20.2. The molecule has 8 heteroatoms. The fourth-order valence-electron chi connectivity index (χ4n) is 4.32. The first-order chi connectivity index (χ1) is 17.6. The maximum Gasteiger partial charge on any atom is 0.258 e. The fraction of sp³-hybridized carbons (Fsp3) is 0. The number of anilines is 1. The van der Waals surface area contributed by atoms with Gasteiger partial charge in [0.15, 0.2) is 0 Å². The van der Waals surface area contributed by atoms with Crippen LogP contribution in [0.4, 0.5) is 5.69 Å². The smallest absolute Gasteiger partial charge is 0.258 e. The average molecular weight is 510 g/mol. The summed E-state index contributed by atoms with van der Waals surface area (Å²) in [7, 11) is 0. The number of hydrogen-bond acceptors (Lipinski definition) is 4. The zero-order valence-electron chi connectivity index (χ0n) is 18.7. The Morgan fingerprint density at radius 3 is 2.44 bits per heavy atom. The largest absolute Gasteiger partial charge is 0.320 e. The third kappa shape index (κ3) is 3.77.